The molecule has 2 N–H and O–H groups in total. The first-order valence-corrected chi connectivity index (χ1v) is 7.10. The molecule has 0 spiro atoms. The molecular weight excluding hydrogens is 278 g/mol. The van der Waals surface area contributed by atoms with Gasteiger partial charge in [-0.25, -0.2) is 0 Å². The van der Waals surface area contributed by atoms with E-state index in [2.05, 4.69) is 15.5 Å². The number of hydrogen-bond acceptors (Lipinski definition) is 5. The van der Waals surface area contributed by atoms with Gasteiger partial charge in [0.1, 0.15) is 0 Å². The molecule has 2 aromatic rings. The van der Waals surface area contributed by atoms with Gasteiger partial charge in [0.2, 0.25) is 0 Å². The summed E-state index contributed by atoms with van der Waals surface area (Å²) in [5.74, 6) is 1.18. The number of aliphatic hydroxyl groups is 1. The molecule has 1 unspecified atom stereocenters. The van der Waals surface area contributed by atoms with Crippen molar-refractivity contribution in [3.05, 3.63) is 40.7 Å². The number of nitrogens with zero attached hydrogens (tertiary/aromatic N) is 2. The van der Waals surface area contributed by atoms with Crippen LogP contribution in [0.4, 0.5) is 6.01 Å². The van der Waals surface area contributed by atoms with Gasteiger partial charge in [-0.1, -0.05) is 35.3 Å². The number of hydrogen-bond donors (Lipinski definition) is 2. The van der Waals surface area contributed by atoms with Crippen LogP contribution in [-0.2, 0) is 0 Å². The fourth-order valence-corrected chi connectivity index (χ4v) is 2.33. The summed E-state index contributed by atoms with van der Waals surface area (Å²) >= 11 is 5.86. The number of halogens is 1. The van der Waals surface area contributed by atoms with Crippen LogP contribution in [0.1, 0.15) is 42.6 Å². The van der Waals surface area contributed by atoms with Crippen LogP contribution in [0.5, 0.6) is 0 Å². The van der Waals surface area contributed by atoms with Gasteiger partial charge in [0.25, 0.3) is 0 Å². The molecule has 1 aliphatic rings. The normalized spacial score (nSPS) is 16.7. The van der Waals surface area contributed by atoms with Crippen LogP contribution < -0.4 is 5.32 Å². The van der Waals surface area contributed by atoms with E-state index in [1.165, 1.54) is 6.42 Å². The summed E-state index contributed by atoms with van der Waals surface area (Å²) in [4.78, 5) is 4.34. The van der Waals surface area contributed by atoms with Gasteiger partial charge >= 0.3 is 6.01 Å². The van der Waals surface area contributed by atoms with Crippen LogP contribution in [0.25, 0.3) is 0 Å². The summed E-state index contributed by atoms with van der Waals surface area (Å²) in [5.41, 5.74) is 0.917. The van der Waals surface area contributed by atoms with Gasteiger partial charge in [-0.15, -0.1) is 0 Å². The molecule has 3 rings (SSSR count). The molecule has 1 aliphatic carbocycles. The number of benzene rings is 1. The second kappa shape index (κ2) is 5.81. The van der Waals surface area contributed by atoms with Gasteiger partial charge in [-0.05, 0) is 30.5 Å². The van der Waals surface area contributed by atoms with Crippen LogP contribution in [0.3, 0.4) is 0 Å². The summed E-state index contributed by atoms with van der Waals surface area (Å²) in [6, 6.07) is 7.35. The van der Waals surface area contributed by atoms with Crippen molar-refractivity contribution < 1.29 is 9.63 Å². The zero-order chi connectivity index (χ0) is 13.9. The van der Waals surface area contributed by atoms with Crippen molar-refractivity contribution in [2.24, 2.45) is 0 Å². The molecule has 0 radical (unpaired) electrons. The highest BCUT2D eigenvalue weighted by molar-refractivity contribution is 6.30. The Kier molecular flexibility index (Phi) is 3.89. The lowest BCUT2D eigenvalue weighted by Gasteiger charge is -2.21. The number of aromatic nitrogens is 2. The molecule has 1 aromatic carbocycles. The third-order valence-electron chi connectivity index (χ3n) is 3.66. The molecule has 1 aromatic heterocycles. The molecule has 1 saturated carbocycles. The van der Waals surface area contributed by atoms with E-state index in [4.69, 9.17) is 16.1 Å². The average molecular weight is 294 g/mol. The Bertz CT molecular complexity index is 566. The van der Waals surface area contributed by atoms with Gasteiger partial charge in [0.15, 0.2) is 5.82 Å². The van der Waals surface area contributed by atoms with Crippen molar-refractivity contribution in [3.63, 3.8) is 0 Å². The first-order valence-electron chi connectivity index (χ1n) is 6.72. The van der Waals surface area contributed by atoms with E-state index >= 15 is 0 Å². The zero-order valence-corrected chi connectivity index (χ0v) is 11.7. The maximum atomic E-state index is 9.50. The van der Waals surface area contributed by atoms with E-state index in [1.807, 2.05) is 12.1 Å². The molecule has 1 heterocycles. The average Bonchev–Trinajstić information content (AvgIpc) is 2.83. The van der Waals surface area contributed by atoms with Gasteiger partial charge in [0, 0.05) is 10.9 Å². The van der Waals surface area contributed by atoms with Crippen molar-refractivity contribution in [2.75, 3.05) is 11.9 Å². The van der Waals surface area contributed by atoms with E-state index in [9.17, 15) is 5.11 Å². The Morgan fingerprint density at radius 1 is 1.35 bits per heavy atom. The highest BCUT2D eigenvalue weighted by Crippen LogP contribution is 2.35. The number of nitrogens with one attached hydrogen (secondary N) is 1. The largest absolute Gasteiger partial charge is 0.394 e. The Morgan fingerprint density at radius 3 is 2.70 bits per heavy atom. The SMILES string of the molecule is OCC(Nc1nc(C2CCC2)no1)c1ccc(Cl)cc1. The van der Waals surface area contributed by atoms with Crippen molar-refractivity contribution in [1.82, 2.24) is 10.1 Å². The van der Waals surface area contributed by atoms with Crippen LogP contribution in [0, 0.1) is 0 Å². The minimum absolute atomic E-state index is 0.0667. The smallest absolute Gasteiger partial charge is 0.322 e. The Labute approximate surface area is 122 Å². The number of aliphatic hydroxyl groups excluding tert-OH is 1. The van der Waals surface area contributed by atoms with E-state index in [1.54, 1.807) is 12.1 Å². The standard InChI is InChI=1S/C14H16ClN3O2/c15-11-6-4-9(5-7-11)12(8-19)16-14-17-13(18-20-14)10-2-1-3-10/h4-7,10,12,19H,1-3,8H2,(H,16,17,18). The first kappa shape index (κ1) is 13.4. The molecule has 0 amide bonds. The monoisotopic (exact) mass is 293 g/mol. The molecular formula is C14H16ClN3O2. The predicted octanol–water partition coefficient (Wildman–Crippen LogP) is 3.14. The predicted molar refractivity (Wildman–Crippen MR) is 75.8 cm³/mol. The maximum absolute atomic E-state index is 9.50. The highest BCUT2D eigenvalue weighted by Gasteiger charge is 2.25. The molecule has 5 nitrogen and oxygen atoms in total. The van der Waals surface area contributed by atoms with E-state index in [0.29, 0.717) is 17.0 Å². The fraction of sp³-hybridized carbons (Fsp3) is 0.429. The molecule has 0 bridgehead atoms. The van der Waals surface area contributed by atoms with Crippen molar-refractivity contribution in [3.8, 4) is 0 Å². The third-order valence-corrected chi connectivity index (χ3v) is 3.92. The summed E-state index contributed by atoms with van der Waals surface area (Å²) < 4.78 is 5.19. The Hall–Kier alpha value is -1.59. The summed E-state index contributed by atoms with van der Waals surface area (Å²) in [5, 5.41) is 17.2. The summed E-state index contributed by atoms with van der Waals surface area (Å²) in [6.45, 7) is -0.0667. The van der Waals surface area contributed by atoms with Crippen LogP contribution in [0.15, 0.2) is 28.8 Å². The quantitative estimate of drug-likeness (QED) is 0.886. The first-order chi connectivity index (χ1) is 9.76. The van der Waals surface area contributed by atoms with E-state index in [0.717, 1.165) is 24.2 Å². The van der Waals surface area contributed by atoms with Crippen LogP contribution in [-0.4, -0.2) is 21.9 Å². The molecule has 0 saturated heterocycles. The third kappa shape index (κ3) is 2.78. The van der Waals surface area contributed by atoms with E-state index in [-0.39, 0.29) is 12.6 Å². The fourth-order valence-electron chi connectivity index (χ4n) is 2.20. The van der Waals surface area contributed by atoms with Crippen LogP contribution >= 0.6 is 11.6 Å². The van der Waals surface area contributed by atoms with E-state index < -0.39 is 0 Å². The minimum Gasteiger partial charge on any atom is -0.394 e. The minimum atomic E-state index is -0.290. The van der Waals surface area contributed by atoms with Crippen molar-refractivity contribution in [2.45, 2.75) is 31.2 Å². The van der Waals surface area contributed by atoms with Gasteiger partial charge in [-0.3, -0.25) is 0 Å². The maximum Gasteiger partial charge on any atom is 0.322 e. The second-order valence-corrected chi connectivity index (χ2v) is 5.45. The molecule has 1 fully saturated rings. The Morgan fingerprint density at radius 2 is 2.10 bits per heavy atom. The summed E-state index contributed by atoms with van der Waals surface area (Å²) in [7, 11) is 0. The van der Waals surface area contributed by atoms with Crippen molar-refractivity contribution >= 4 is 17.6 Å². The topological polar surface area (TPSA) is 71.2 Å². The van der Waals surface area contributed by atoms with Gasteiger partial charge in [-0.2, -0.15) is 4.98 Å². The highest BCUT2D eigenvalue weighted by atomic mass is 35.5. The van der Waals surface area contributed by atoms with Gasteiger partial charge < -0.3 is 14.9 Å². The molecule has 0 aliphatic heterocycles. The Balaban J connectivity index is 1.70. The lowest BCUT2D eigenvalue weighted by Crippen LogP contribution is -2.15. The lowest BCUT2D eigenvalue weighted by molar-refractivity contribution is 0.272. The molecule has 1 atom stereocenters. The molecule has 6 heteroatoms. The molecule has 20 heavy (non-hydrogen) atoms. The summed E-state index contributed by atoms with van der Waals surface area (Å²) in [6.07, 6.45) is 3.48. The second-order valence-electron chi connectivity index (χ2n) is 5.02. The zero-order valence-electron chi connectivity index (χ0n) is 10.9. The number of rotatable bonds is 5. The van der Waals surface area contributed by atoms with Gasteiger partial charge in [0.05, 0.1) is 12.6 Å². The number of anilines is 1. The molecule has 106 valence electrons. The lowest BCUT2D eigenvalue weighted by atomic mass is 9.85. The van der Waals surface area contributed by atoms with Crippen LogP contribution in [0.2, 0.25) is 5.02 Å². The van der Waals surface area contributed by atoms with Crippen molar-refractivity contribution in [1.29, 1.82) is 0 Å².